The molecule has 0 aliphatic carbocycles. The molecule has 3 heteroatoms. The summed E-state index contributed by atoms with van der Waals surface area (Å²) in [5.41, 5.74) is 0. The zero-order chi connectivity index (χ0) is 13.7. The smallest absolute Gasteiger partial charge is 0.119 e. The molecule has 0 aliphatic rings. The summed E-state index contributed by atoms with van der Waals surface area (Å²) in [4.78, 5) is 0. The van der Waals surface area contributed by atoms with E-state index in [1.54, 1.807) is 0 Å². The Bertz CT molecular complexity index is 541. The second-order valence-electron chi connectivity index (χ2n) is 4.88. The van der Waals surface area contributed by atoms with E-state index in [2.05, 4.69) is 65.4 Å². The molecule has 1 N–H and O–H groups in total. The number of halogens is 1. The average Bonchev–Trinajstić information content (AvgIpc) is 2.42. The molecule has 0 aliphatic heterocycles. The molecule has 0 spiro atoms. The molecule has 2 aromatic rings. The Hall–Kier alpha value is -1.06. The van der Waals surface area contributed by atoms with E-state index in [0.717, 1.165) is 29.9 Å². The number of ether oxygens (including phenoxy) is 1. The van der Waals surface area contributed by atoms with Gasteiger partial charge in [0.25, 0.3) is 0 Å². The minimum absolute atomic E-state index is 0.514. The lowest BCUT2D eigenvalue weighted by Crippen LogP contribution is -2.24. The van der Waals surface area contributed by atoms with Crippen LogP contribution < -0.4 is 10.1 Å². The minimum atomic E-state index is 0.514. The van der Waals surface area contributed by atoms with Crippen molar-refractivity contribution in [3.8, 4) is 5.75 Å². The van der Waals surface area contributed by atoms with E-state index in [9.17, 15) is 0 Å². The highest BCUT2D eigenvalue weighted by atomic mass is 79.9. The molecular weight excluding hydrogens is 302 g/mol. The third-order valence-corrected chi connectivity index (χ3v) is 3.54. The molecule has 19 heavy (non-hydrogen) atoms. The maximum atomic E-state index is 5.85. The van der Waals surface area contributed by atoms with Gasteiger partial charge < -0.3 is 10.1 Å². The summed E-state index contributed by atoms with van der Waals surface area (Å²) in [7, 11) is 0. The van der Waals surface area contributed by atoms with Crippen molar-refractivity contribution < 1.29 is 4.74 Å². The highest BCUT2D eigenvalue weighted by Gasteiger charge is 2.03. The summed E-state index contributed by atoms with van der Waals surface area (Å²) in [6.07, 6.45) is 0. The van der Waals surface area contributed by atoms with Gasteiger partial charge >= 0.3 is 0 Å². The van der Waals surface area contributed by atoms with Crippen molar-refractivity contribution in [2.24, 2.45) is 5.92 Å². The zero-order valence-electron chi connectivity index (χ0n) is 11.4. The first-order chi connectivity index (χ1) is 9.19. The van der Waals surface area contributed by atoms with Crippen molar-refractivity contribution in [2.75, 3.05) is 19.7 Å². The molecule has 0 saturated heterocycles. The third-order valence-electron chi connectivity index (χ3n) is 3.05. The van der Waals surface area contributed by atoms with Gasteiger partial charge in [0.1, 0.15) is 5.75 Å². The Labute approximate surface area is 123 Å². The highest BCUT2D eigenvalue weighted by molar-refractivity contribution is 9.10. The standard InChI is InChI=1S/C16H20BrNO/c1-3-18-10-12(2)11-19-16-7-5-13-8-15(17)6-4-14(13)9-16/h4-9,12,18H,3,10-11H2,1-2H3. The number of hydrogen-bond acceptors (Lipinski definition) is 2. The van der Waals surface area contributed by atoms with Crippen LogP contribution in [-0.2, 0) is 0 Å². The molecule has 2 rings (SSSR count). The molecular formula is C16H20BrNO. The topological polar surface area (TPSA) is 21.3 Å². The second kappa shape index (κ2) is 6.92. The summed E-state index contributed by atoms with van der Waals surface area (Å²) < 4.78 is 6.96. The Morgan fingerprint density at radius 1 is 1.16 bits per heavy atom. The fourth-order valence-corrected chi connectivity index (χ4v) is 2.35. The lowest BCUT2D eigenvalue weighted by molar-refractivity contribution is 0.257. The molecule has 1 unspecified atom stereocenters. The zero-order valence-corrected chi connectivity index (χ0v) is 13.0. The van der Waals surface area contributed by atoms with Crippen LogP contribution in [0.15, 0.2) is 40.9 Å². The van der Waals surface area contributed by atoms with Gasteiger partial charge in [0.05, 0.1) is 6.61 Å². The van der Waals surface area contributed by atoms with Gasteiger partial charge in [-0.1, -0.05) is 41.9 Å². The quantitative estimate of drug-likeness (QED) is 0.859. The number of nitrogens with one attached hydrogen (secondary N) is 1. The van der Waals surface area contributed by atoms with Crippen LogP contribution in [0.2, 0.25) is 0 Å². The van der Waals surface area contributed by atoms with Gasteiger partial charge in [-0.2, -0.15) is 0 Å². The van der Waals surface area contributed by atoms with Gasteiger partial charge in [-0.25, -0.2) is 0 Å². The third kappa shape index (κ3) is 4.22. The predicted molar refractivity (Wildman–Crippen MR) is 84.9 cm³/mol. The van der Waals surface area contributed by atoms with Crippen LogP contribution in [0.3, 0.4) is 0 Å². The van der Waals surface area contributed by atoms with E-state index in [1.807, 2.05) is 6.07 Å². The van der Waals surface area contributed by atoms with Gasteiger partial charge in [0.2, 0.25) is 0 Å². The highest BCUT2D eigenvalue weighted by Crippen LogP contribution is 2.24. The maximum absolute atomic E-state index is 5.85. The van der Waals surface area contributed by atoms with Crippen LogP contribution in [0.25, 0.3) is 10.8 Å². The predicted octanol–water partition coefficient (Wildman–Crippen LogP) is 4.23. The van der Waals surface area contributed by atoms with E-state index in [-0.39, 0.29) is 0 Å². The fraction of sp³-hybridized carbons (Fsp3) is 0.375. The molecule has 2 aromatic carbocycles. The van der Waals surface area contributed by atoms with Gasteiger partial charge in [0.15, 0.2) is 0 Å². The number of fused-ring (bicyclic) bond motifs is 1. The van der Waals surface area contributed by atoms with Gasteiger partial charge in [-0.15, -0.1) is 0 Å². The van der Waals surface area contributed by atoms with Crippen molar-refractivity contribution in [3.63, 3.8) is 0 Å². The average molecular weight is 322 g/mol. The van der Waals surface area contributed by atoms with Crippen molar-refractivity contribution in [1.82, 2.24) is 5.32 Å². The normalized spacial score (nSPS) is 12.6. The van der Waals surface area contributed by atoms with Crippen LogP contribution in [0.5, 0.6) is 5.75 Å². The summed E-state index contributed by atoms with van der Waals surface area (Å²) in [6.45, 7) is 7.07. The largest absolute Gasteiger partial charge is 0.493 e. The molecule has 0 heterocycles. The maximum Gasteiger partial charge on any atom is 0.119 e. The Kier molecular flexibility index (Phi) is 5.23. The van der Waals surface area contributed by atoms with Gasteiger partial charge in [-0.3, -0.25) is 0 Å². The SMILES string of the molecule is CCNCC(C)COc1ccc2cc(Br)ccc2c1. The molecule has 0 fully saturated rings. The van der Waals surface area contributed by atoms with E-state index in [0.29, 0.717) is 5.92 Å². The van der Waals surface area contributed by atoms with Crippen LogP contribution in [0, 0.1) is 5.92 Å². The molecule has 2 nitrogen and oxygen atoms in total. The van der Waals surface area contributed by atoms with Crippen molar-refractivity contribution in [1.29, 1.82) is 0 Å². The van der Waals surface area contributed by atoms with Crippen LogP contribution >= 0.6 is 15.9 Å². The van der Waals surface area contributed by atoms with Crippen LogP contribution in [0.4, 0.5) is 0 Å². The molecule has 102 valence electrons. The lowest BCUT2D eigenvalue weighted by Gasteiger charge is -2.13. The van der Waals surface area contributed by atoms with Gasteiger partial charge in [-0.05, 0) is 41.6 Å². The fourth-order valence-electron chi connectivity index (χ4n) is 1.97. The van der Waals surface area contributed by atoms with Crippen LogP contribution in [0.1, 0.15) is 13.8 Å². The Morgan fingerprint density at radius 2 is 1.89 bits per heavy atom. The summed E-state index contributed by atoms with van der Waals surface area (Å²) >= 11 is 3.49. The van der Waals surface area contributed by atoms with Crippen molar-refractivity contribution >= 4 is 26.7 Å². The Balaban J connectivity index is 1.99. The lowest BCUT2D eigenvalue weighted by atomic mass is 10.1. The summed E-state index contributed by atoms with van der Waals surface area (Å²) in [5.74, 6) is 1.46. The van der Waals surface area contributed by atoms with E-state index < -0.39 is 0 Å². The number of hydrogen-bond donors (Lipinski definition) is 1. The molecule has 1 atom stereocenters. The van der Waals surface area contributed by atoms with E-state index >= 15 is 0 Å². The van der Waals surface area contributed by atoms with E-state index in [4.69, 9.17) is 4.74 Å². The first-order valence-corrected chi connectivity index (χ1v) is 7.51. The monoisotopic (exact) mass is 321 g/mol. The molecule has 0 saturated carbocycles. The minimum Gasteiger partial charge on any atom is -0.493 e. The van der Waals surface area contributed by atoms with Crippen molar-refractivity contribution in [3.05, 3.63) is 40.9 Å². The molecule has 0 aromatic heterocycles. The molecule has 0 radical (unpaired) electrons. The van der Waals surface area contributed by atoms with Gasteiger partial charge in [0, 0.05) is 16.9 Å². The number of rotatable bonds is 6. The van der Waals surface area contributed by atoms with E-state index in [1.165, 1.54) is 10.8 Å². The summed E-state index contributed by atoms with van der Waals surface area (Å²) in [6, 6.07) is 12.5. The van der Waals surface area contributed by atoms with Crippen LogP contribution in [-0.4, -0.2) is 19.7 Å². The number of benzene rings is 2. The first kappa shape index (κ1) is 14.4. The Morgan fingerprint density at radius 3 is 2.68 bits per heavy atom. The molecule has 0 amide bonds. The molecule has 0 bridgehead atoms. The van der Waals surface area contributed by atoms with Crippen molar-refractivity contribution in [2.45, 2.75) is 13.8 Å². The first-order valence-electron chi connectivity index (χ1n) is 6.72. The summed E-state index contributed by atoms with van der Waals surface area (Å²) in [5, 5.41) is 5.77. The second-order valence-corrected chi connectivity index (χ2v) is 5.79.